The van der Waals surface area contributed by atoms with Crippen molar-refractivity contribution in [2.75, 3.05) is 12.4 Å². The van der Waals surface area contributed by atoms with Gasteiger partial charge in [0, 0.05) is 17.2 Å². The molecular formula is C17H16F4N2O3S. The number of alkyl halides is 3. The van der Waals surface area contributed by atoms with Crippen LogP contribution in [0.4, 0.5) is 23.4 Å². The summed E-state index contributed by atoms with van der Waals surface area (Å²) in [4.78, 5) is 15.8. The average molecular weight is 404 g/mol. The first-order valence-electron chi connectivity index (χ1n) is 7.58. The standard InChI is InChI=1S/C17H16F4N2O3S/c1-16(2,27(25)10-7-8-12(26-3)11(18)9-10)15(24)23-14-6-4-5-13(22-14)17(19,20)21/h4-9H,1-3H3,(H,22,23,24). The topological polar surface area (TPSA) is 74.3 Å². The predicted octanol–water partition coefficient (Wildman–Crippen LogP) is 3.77. The van der Waals surface area contributed by atoms with E-state index in [1.165, 1.54) is 39.2 Å². The molecule has 2 rings (SSSR count). The van der Waals surface area contributed by atoms with E-state index in [0.717, 1.165) is 18.2 Å². The molecule has 5 nitrogen and oxygen atoms in total. The summed E-state index contributed by atoms with van der Waals surface area (Å²) in [6.45, 7) is 2.66. The van der Waals surface area contributed by atoms with E-state index >= 15 is 0 Å². The molecule has 2 aromatic rings. The fourth-order valence-corrected chi connectivity index (χ4v) is 3.28. The molecule has 0 aliphatic heterocycles. The molecule has 1 amide bonds. The molecule has 0 radical (unpaired) electrons. The van der Waals surface area contributed by atoms with Gasteiger partial charge < -0.3 is 14.6 Å². The number of ether oxygens (including phenoxy) is 1. The van der Waals surface area contributed by atoms with Crippen molar-refractivity contribution in [3.05, 3.63) is 47.9 Å². The third-order valence-corrected chi connectivity index (χ3v) is 5.42. The zero-order valence-electron chi connectivity index (χ0n) is 14.6. The van der Waals surface area contributed by atoms with Gasteiger partial charge in [0.2, 0.25) is 4.75 Å². The van der Waals surface area contributed by atoms with Crippen molar-refractivity contribution in [3.8, 4) is 5.75 Å². The molecule has 1 aromatic heterocycles. The fourth-order valence-electron chi connectivity index (χ4n) is 2.07. The van der Waals surface area contributed by atoms with Gasteiger partial charge in [-0.05, 0) is 38.1 Å². The second kappa shape index (κ2) is 7.73. The number of hydrogen-bond acceptors (Lipinski definition) is 4. The molecule has 1 N–H and O–H groups in total. The van der Waals surface area contributed by atoms with E-state index in [2.05, 4.69) is 10.3 Å². The molecule has 1 unspecified atom stereocenters. The number of methoxy groups -OCH3 is 1. The molecule has 0 spiro atoms. The van der Waals surface area contributed by atoms with Crippen LogP contribution in [0.2, 0.25) is 0 Å². The van der Waals surface area contributed by atoms with Gasteiger partial charge >= 0.3 is 6.18 Å². The van der Waals surface area contributed by atoms with Gasteiger partial charge in [0.25, 0.3) is 5.91 Å². The van der Waals surface area contributed by atoms with Gasteiger partial charge in [0.05, 0.1) is 7.11 Å². The van der Waals surface area contributed by atoms with Crippen molar-refractivity contribution in [2.45, 2.75) is 29.7 Å². The van der Waals surface area contributed by atoms with Crippen LogP contribution in [0.3, 0.4) is 0 Å². The molecule has 0 aliphatic rings. The molecule has 1 heterocycles. The molecule has 27 heavy (non-hydrogen) atoms. The maximum Gasteiger partial charge on any atom is 0.433 e. The Labute approximate surface area is 155 Å². The zero-order valence-corrected chi connectivity index (χ0v) is 15.4. The van der Waals surface area contributed by atoms with Crippen LogP contribution in [0.1, 0.15) is 19.5 Å². The number of amides is 1. The summed E-state index contributed by atoms with van der Waals surface area (Å²) in [6, 6.07) is 6.62. The van der Waals surface area contributed by atoms with Gasteiger partial charge in [-0.3, -0.25) is 4.79 Å². The number of halogens is 4. The number of carbonyl (C=O) groups is 1. The Balaban J connectivity index is 2.23. The van der Waals surface area contributed by atoms with Crippen LogP contribution in [0.5, 0.6) is 5.75 Å². The van der Waals surface area contributed by atoms with E-state index in [-0.39, 0.29) is 16.5 Å². The molecule has 146 valence electrons. The van der Waals surface area contributed by atoms with E-state index in [0.29, 0.717) is 0 Å². The Hall–Kier alpha value is -2.33. The van der Waals surface area contributed by atoms with E-state index < -0.39 is 39.5 Å². The van der Waals surface area contributed by atoms with Crippen molar-refractivity contribution in [1.82, 2.24) is 4.98 Å². The number of anilines is 1. The number of pyridine rings is 1. The number of nitrogens with zero attached hydrogens (tertiary/aromatic N) is 1. The minimum absolute atomic E-state index is 0.0328. The van der Waals surface area contributed by atoms with E-state index in [4.69, 9.17) is 4.74 Å². The van der Waals surface area contributed by atoms with Crippen molar-refractivity contribution < 1.29 is 31.6 Å². The van der Waals surface area contributed by atoms with E-state index in [1.807, 2.05) is 0 Å². The fraction of sp³-hybridized carbons (Fsp3) is 0.294. The van der Waals surface area contributed by atoms with Crippen LogP contribution in [0.25, 0.3) is 0 Å². The van der Waals surface area contributed by atoms with Gasteiger partial charge in [-0.15, -0.1) is 0 Å². The summed E-state index contributed by atoms with van der Waals surface area (Å²) in [6.07, 6.45) is -4.67. The van der Waals surface area contributed by atoms with Gasteiger partial charge in [-0.25, -0.2) is 9.37 Å². The maximum atomic E-state index is 13.8. The van der Waals surface area contributed by atoms with Gasteiger partial charge in [0.15, 0.2) is 16.5 Å². The first-order chi connectivity index (χ1) is 12.5. The number of nitrogens with one attached hydrogen (secondary N) is 1. The van der Waals surface area contributed by atoms with Crippen LogP contribution >= 0.6 is 0 Å². The van der Waals surface area contributed by atoms with Crippen molar-refractivity contribution in [3.63, 3.8) is 0 Å². The molecule has 0 fully saturated rings. The quantitative estimate of drug-likeness (QED) is 0.608. The molecule has 1 aromatic carbocycles. The number of carbonyl (C=O) groups excluding carboxylic acids is 1. The van der Waals surface area contributed by atoms with Crippen LogP contribution in [-0.4, -0.2) is 27.3 Å². The maximum absolute atomic E-state index is 13.8. The summed E-state index contributed by atoms with van der Waals surface area (Å²) in [7, 11) is 1.27. The number of benzene rings is 1. The Kier molecular flexibility index (Phi) is 6.01. The summed E-state index contributed by atoms with van der Waals surface area (Å²) in [5.74, 6) is -1.96. The smallest absolute Gasteiger partial charge is 0.433 e. The van der Waals surface area contributed by atoms with Gasteiger partial charge in [-0.2, -0.15) is 13.2 Å². The Morgan fingerprint density at radius 2 is 1.89 bits per heavy atom. The Morgan fingerprint density at radius 3 is 2.44 bits per heavy atom. The highest BCUT2D eigenvalue weighted by Crippen LogP contribution is 2.31. The number of hydrogen-bond donors (Lipinski definition) is 1. The summed E-state index contributed by atoms with van der Waals surface area (Å²) in [5, 5.41) is 2.22. The molecule has 0 saturated heterocycles. The highest BCUT2D eigenvalue weighted by atomic mass is 32.2. The lowest BCUT2D eigenvalue weighted by molar-refractivity contribution is -0.141. The minimum Gasteiger partial charge on any atom is -0.611 e. The monoisotopic (exact) mass is 404 g/mol. The summed E-state index contributed by atoms with van der Waals surface area (Å²) >= 11 is -2.00. The lowest BCUT2D eigenvalue weighted by Crippen LogP contribution is -2.44. The van der Waals surface area contributed by atoms with Crippen molar-refractivity contribution in [2.24, 2.45) is 0 Å². The molecule has 10 heteroatoms. The van der Waals surface area contributed by atoms with Crippen LogP contribution < -0.4 is 10.1 Å². The molecule has 0 saturated carbocycles. The molecule has 0 aliphatic carbocycles. The zero-order chi connectivity index (χ0) is 20.4. The molecule has 0 bridgehead atoms. The SMILES string of the molecule is COc1ccc([S+]([O-])C(C)(C)C(=O)Nc2cccc(C(F)(F)F)n2)cc1F. The van der Waals surface area contributed by atoms with E-state index in [1.54, 1.807) is 0 Å². The van der Waals surface area contributed by atoms with Crippen molar-refractivity contribution in [1.29, 1.82) is 0 Å². The van der Waals surface area contributed by atoms with Crippen LogP contribution in [0, 0.1) is 5.82 Å². The van der Waals surface area contributed by atoms with Gasteiger partial charge in [-0.1, -0.05) is 6.07 Å². The first-order valence-corrected chi connectivity index (χ1v) is 8.73. The predicted molar refractivity (Wildman–Crippen MR) is 91.3 cm³/mol. The largest absolute Gasteiger partial charge is 0.611 e. The number of rotatable bonds is 5. The van der Waals surface area contributed by atoms with E-state index in [9.17, 15) is 26.9 Å². The molecule has 1 atom stereocenters. The Bertz CT molecular complexity index is 843. The highest BCUT2D eigenvalue weighted by molar-refractivity contribution is 7.93. The lowest BCUT2D eigenvalue weighted by Gasteiger charge is -2.27. The summed E-state index contributed by atoms with van der Waals surface area (Å²) < 4.78 is 67.9. The van der Waals surface area contributed by atoms with Gasteiger partial charge in [0.1, 0.15) is 11.5 Å². The van der Waals surface area contributed by atoms with Crippen LogP contribution in [-0.2, 0) is 22.1 Å². The first kappa shape index (κ1) is 21.0. The minimum atomic E-state index is -4.67. The lowest BCUT2D eigenvalue weighted by atomic mass is 10.2. The average Bonchev–Trinajstić information content (AvgIpc) is 2.60. The summed E-state index contributed by atoms with van der Waals surface area (Å²) in [5.41, 5.74) is -1.17. The van der Waals surface area contributed by atoms with Crippen molar-refractivity contribution >= 4 is 22.9 Å². The Morgan fingerprint density at radius 1 is 1.22 bits per heavy atom. The van der Waals surface area contributed by atoms with Crippen LogP contribution in [0.15, 0.2) is 41.3 Å². The second-order valence-electron chi connectivity index (χ2n) is 5.94. The molecular weight excluding hydrogens is 388 g/mol. The second-order valence-corrected chi connectivity index (χ2v) is 7.96. The third-order valence-electron chi connectivity index (χ3n) is 3.63. The normalized spacial score (nSPS) is 13.2. The third kappa shape index (κ3) is 4.69. The number of aromatic nitrogens is 1. The highest BCUT2D eigenvalue weighted by Gasteiger charge is 2.42.